The summed E-state index contributed by atoms with van der Waals surface area (Å²) in [6.07, 6.45) is 2.75. The van der Waals surface area contributed by atoms with Crippen LogP contribution in [0.25, 0.3) is 0 Å². The highest BCUT2D eigenvalue weighted by molar-refractivity contribution is 4.81. The first-order chi connectivity index (χ1) is 5.38. The second-order valence-electron chi connectivity index (χ2n) is 3.31. The number of hydrogen-bond donors (Lipinski definition) is 1. The first kappa shape index (κ1) is 9.01. The second kappa shape index (κ2) is 4.73. The van der Waals surface area contributed by atoms with Crippen LogP contribution in [0.1, 0.15) is 19.8 Å². The van der Waals surface area contributed by atoms with E-state index in [9.17, 15) is 0 Å². The Morgan fingerprint density at radius 3 is 2.55 bits per heavy atom. The Hall–Kier alpha value is -0.0800. The van der Waals surface area contributed by atoms with Crippen LogP contribution in [-0.2, 0) is 4.74 Å². The van der Waals surface area contributed by atoms with E-state index in [0.29, 0.717) is 0 Å². The Balaban J connectivity index is 2.05. The maximum atomic E-state index is 5.39. The smallest absolute Gasteiger partial charge is 0.0497 e. The summed E-state index contributed by atoms with van der Waals surface area (Å²) in [5.41, 5.74) is 0. The molecule has 0 bridgehead atoms. The molecule has 0 saturated heterocycles. The van der Waals surface area contributed by atoms with Gasteiger partial charge in [-0.05, 0) is 45.2 Å². The van der Waals surface area contributed by atoms with Crippen molar-refractivity contribution in [2.24, 2.45) is 11.8 Å². The quantitative estimate of drug-likeness (QED) is 0.649. The van der Waals surface area contributed by atoms with Gasteiger partial charge in [0.25, 0.3) is 0 Å². The van der Waals surface area contributed by atoms with E-state index in [4.69, 9.17) is 4.74 Å². The third kappa shape index (κ3) is 2.46. The maximum Gasteiger partial charge on any atom is 0.0497 e. The zero-order valence-corrected chi connectivity index (χ0v) is 7.60. The summed E-state index contributed by atoms with van der Waals surface area (Å²) >= 11 is 0. The van der Waals surface area contributed by atoms with Gasteiger partial charge in [0, 0.05) is 13.2 Å². The molecule has 1 aliphatic carbocycles. The topological polar surface area (TPSA) is 21.3 Å². The Morgan fingerprint density at radius 1 is 1.36 bits per heavy atom. The minimum absolute atomic E-state index is 0.836. The molecular formula is C9H19NO. The van der Waals surface area contributed by atoms with E-state index >= 15 is 0 Å². The van der Waals surface area contributed by atoms with Crippen molar-refractivity contribution < 1.29 is 4.74 Å². The molecule has 0 amide bonds. The fourth-order valence-corrected chi connectivity index (χ4v) is 1.66. The summed E-state index contributed by atoms with van der Waals surface area (Å²) in [7, 11) is 2.02. The average Bonchev–Trinajstić information content (AvgIpc) is 1.99. The third-order valence-electron chi connectivity index (χ3n) is 2.58. The lowest BCUT2D eigenvalue weighted by Crippen LogP contribution is -2.36. The Morgan fingerprint density at radius 2 is 2.09 bits per heavy atom. The largest absolute Gasteiger partial charge is 0.381 e. The third-order valence-corrected chi connectivity index (χ3v) is 2.58. The predicted molar refractivity (Wildman–Crippen MR) is 46.6 cm³/mol. The SMILES string of the molecule is CCOCC1CCC1CNC. The Kier molecular flexibility index (Phi) is 3.87. The van der Waals surface area contributed by atoms with Gasteiger partial charge < -0.3 is 10.1 Å². The Bertz CT molecular complexity index is 106. The van der Waals surface area contributed by atoms with Crippen molar-refractivity contribution in [3.05, 3.63) is 0 Å². The van der Waals surface area contributed by atoms with E-state index in [1.54, 1.807) is 0 Å². The van der Waals surface area contributed by atoms with Gasteiger partial charge in [0.15, 0.2) is 0 Å². The van der Waals surface area contributed by atoms with E-state index in [2.05, 4.69) is 12.2 Å². The highest BCUT2D eigenvalue weighted by atomic mass is 16.5. The molecule has 1 aliphatic rings. The van der Waals surface area contributed by atoms with E-state index in [1.165, 1.54) is 12.8 Å². The van der Waals surface area contributed by atoms with Crippen molar-refractivity contribution in [2.75, 3.05) is 26.8 Å². The first-order valence-corrected chi connectivity index (χ1v) is 4.60. The molecule has 0 heterocycles. The molecule has 0 aromatic carbocycles. The number of rotatable bonds is 5. The van der Waals surface area contributed by atoms with Gasteiger partial charge in [0.1, 0.15) is 0 Å². The molecule has 2 nitrogen and oxygen atoms in total. The lowest BCUT2D eigenvalue weighted by molar-refractivity contribution is 0.0385. The zero-order valence-electron chi connectivity index (χ0n) is 7.60. The monoisotopic (exact) mass is 157 g/mol. The van der Waals surface area contributed by atoms with Crippen molar-refractivity contribution in [3.8, 4) is 0 Å². The van der Waals surface area contributed by atoms with Crippen LogP contribution in [0.4, 0.5) is 0 Å². The minimum atomic E-state index is 0.836. The van der Waals surface area contributed by atoms with Crippen LogP contribution in [0.2, 0.25) is 0 Å². The molecule has 1 saturated carbocycles. The molecule has 11 heavy (non-hydrogen) atoms. The number of ether oxygens (including phenoxy) is 1. The molecular weight excluding hydrogens is 138 g/mol. The van der Waals surface area contributed by atoms with Gasteiger partial charge in [-0.3, -0.25) is 0 Å². The molecule has 2 atom stereocenters. The zero-order chi connectivity index (χ0) is 8.10. The van der Waals surface area contributed by atoms with E-state index < -0.39 is 0 Å². The molecule has 2 heteroatoms. The van der Waals surface area contributed by atoms with Crippen LogP contribution in [0.3, 0.4) is 0 Å². The van der Waals surface area contributed by atoms with E-state index in [0.717, 1.165) is 31.6 Å². The van der Waals surface area contributed by atoms with Crippen molar-refractivity contribution in [1.29, 1.82) is 0 Å². The first-order valence-electron chi connectivity index (χ1n) is 4.60. The van der Waals surface area contributed by atoms with E-state index in [1.807, 2.05) is 7.05 Å². The average molecular weight is 157 g/mol. The fraction of sp³-hybridized carbons (Fsp3) is 1.00. The van der Waals surface area contributed by atoms with Crippen LogP contribution in [0.5, 0.6) is 0 Å². The summed E-state index contributed by atoms with van der Waals surface area (Å²) in [6.45, 7) is 5.06. The molecule has 1 fully saturated rings. The summed E-state index contributed by atoms with van der Waals surface area (Å²) in [6, 6.07) is 0. The molecule has 0 spiro atoms. The van der Waals surface area contributed by atoms with Crippen molar-refractivity contribution in [3.63, 3.8) is 0 Å². The van der Waals surface area contributed by atoms with E-state index in [-0.39, 0.29) is 0 Å². The minimum Gasteiger partial charge on any atom is -0.381 e. The predicted octanol–water partition coefficient (Wildman–Crippen LogP) is 1.27. The highest BCUT2D eigenvalue weighted by Crippen LogP contribution is 2.33. The number of nitrogens with one attached hydrogen (secondary N) is 1. The molecule has 0 aromatic rings. The summed E-state index contributed by atoms with van der Waals surface area (Å²) in [5.74, 6) is 1.72. The van der Waals surface area contributed by atoms with Crippen LogP contribution >= 0.6 is 0 Å². The Labute approximate surface area is 69.3 Å². The van der Waals surface area contributed by atoms with Crippen LogP contribution in [0.15, 0.2) is 0 Å². The van der Waals surface area contributed by atoms with Crippen LogP contribution < -0.4 is 5.32 Å². The lowest BCUT2D eigenvalue weighted by Gasteiger charge is -2.36. The van der Waals surface area contributed by atoms with Gasteiger partial charge >= 0.3 is 0 Å². The van der Waals surface area contributed by atoms with Gasteiger partial charge in [-0.25, -0.2) is 0 Å². The maximum absolute atomic E-state index is 5.39. The standard InChI is InChI=1S/C9H19NO/c1-3-11-7-9-5-4-8(9)6-10-2/h8-10H,3-7H2,1-2H3. The van der Waals surface area contributed by atoms with Crippen molar-refractivity contribution in [2.45, 2.75) is 19.8 Å². The summed E-state index contributed by atoms with van der Waals surface area (Å²) in [5, 5.41) is 3.22. The van der Waals surface area contributed by atoms with Gasteiger partial charge in [0.2, 0.25) is 0 Å². The molecule has 0 aromatic heterocycles. The normalized spacial score (nSPS) is 30.0. The van der Waals surface area contributed by atoms with Gasteiger partial charge in [-0.2, -0.15) is 0 Å². The summed E-state index contributed by atoms with van der Waals surface area (Å²) < 4.78 is 5.39. The molecule has 66 valence electrons. The van der Waals surface area contributed by atoms with Gasteiger partial charge in [-0.1, -0.05) is 0 Å². The molecule has 0 radical (unpaired) electrons. The lowest BCUT2D eigenvalue weighted by atomic mass is 9.74. The van der Waals surface area contributed by atoms with Gasteiger partial charge in [-0.15, -0.1) is 0 Å². The van der Waals surface area contributed by atoms with Crippen molar-refractivity contribution in [1.82, 2.24) is 5.32 Å². The summed E-state index contributed by atoms with van der Waals surface area (Å²) in [4.78, 5) is 0. The fourth-order valence-electron chi connectivity index (χ4n) is 1.66. The van der Waals surface area contributed by atoms with Crippen LogP contribution in [0, 0.1) is 11.8 Å². The number of hydrogen-bond acceptors (Lipinski definition) is 2. The molecule has 1 N–H and O–H groups in total. The second-order valence-corrected chi connectivity index (χ2v) is 3.31. The molecule has 0 aliphatic heterocycles. The van der Waals surface area contributed by atoms with Crippen molar-refractivity contribution >= 4 is 0 Å². The molecule has 1 rings (SSSR count). The molecule has 2 unspecified atom stereocenters. The van der Waals surface area contributed by atoms with Crippen LogP contribution in [-0.4, -0.2) is 26.8 Å². The van der Waals surface area contributed by atoms with Gasteiger partial charge in [0.05, 0.1) is 0 Å². The highest BCUT2D eigenvalue weighted by Gasteiger charge is 2.29.